The van der Waals surface area contributed by atoms with Crippen LogP contribution in [0, 0.1) is 0 Å². The quantitative estimate of drug-likeness (QED) is 0.763. The first kappa shape index (κ1) is 16.0. The van der Waals surface area contributed by atoms with Gasteiger partial charge in [0, 0.05) is 0 Å². The smallest absolute Gasteiger partial charge is 0.326 e. The monoisotopic (exact) mass is 279 g/mol. The average Bonchev–Trinajstić information content (AvgIpc) is 2.45. The van der Waals surface area contributed by atoms with Gasteiger partial charge >= 0.3 is 5.97 Å². The molecule has 110 valence electrons. The van der Waals surface area contributed by atoms with E-state index in [1.165, 1.54) is 5.56 Å². The second-order valence-electron chi connectivity index (χ2n) is 4.53. The van der Waals surface area contributed by atoms with Gasteiger partial charge in [0.15, 0.2) is 6.61 Å². The lowest BCUT2D eigenvalue weighted by atomic mass is 10.1. The zero-order chi connectivity index (χ0) is 15.0. The first-order valence-electron chi connectivity index (χ1n) is 6.80. The molecule has 1 amide bonds. The van der Waals surface area contributed by atoms with Crippen LogP contribution in [-0.2, 0) is 16.0 Å². The number of carbonyl (C=O) groups is 2. The van der Waals surface area contributed by atoms with Crippen molar-refractivity contribution >= 4 is 11.9 Å². The third-order valence-electron chi connectivity index (χ3n) is 2.91. The zero-order valence-electron chi connectivity index (χ0n) is 11.9. The summed E-state index contributed by atoms with van der Waals surface area (Å²) < 4.78 is 5.32. The van der Waals surface area contributed by atoms with Gasteiger partial charge in [0.05, 0.1) is 0 Å². The summed E-state index contributed by atoms with van der Waals surface area (Å²) in [6, 6.07) is 6.62. The van der Waals surface area contributed by atoms with Crippen LogP contribution in [0.3, 0.4) is 0 Å². The van der Waals surface area contributed by atoms with Crippen molar-refractivity contribution < 1.29 is 19.4 Å². The minimum absolute atomic E-state index is 0.182. The summed E-state index contributed by atoms with van der Waals surface area (Å²) in [4.78, 5) is 22.5. The predicted octanol–water partition coefficient (Wildman–Crippen LogP) is 2.00. The topological polar surface area (TPSA) is 75.6 Å². The maximum Gasteiger partial charge on any atom is 0.326 e. The van der Waals surface area contributed by atoms with Gasteiger partial charge in [-0.3, -0.25) is 4.79 Å². The number of rotatable bonds is 8. The molecule has 0 saturated carbocycles. The van der Waals surface area contributed by atoms with Crippen LogP contribution in [0.2, 0.25) is 0 Å². The Labute approximate surface area is 118 Å². The van der Waals surface area contributed by atoms with Gasteiger partial charge in [-0.05, 0) is 30.5 Å². The van der Waals surface area contributed by atoms with E-state index in [2.05, 4.69) is 12.2 Å². The highest BCUT2D eigenvalue weighted by Gasteiger charge is 2.18. The van der Waals surface area contributed by atoms with Crippen molar-refractivity contribution in [1.29, 1.82) is 0 Å². The van der Waals surface area contributed by atoms with Gasteiger partial charge in [-0.15, -0.1) is 0 Å². The van der Waals surface area contributed by atoms with Gasteiger partial charge in [0.2, 0.25) is 0 Å². The number of carbonyl (C=O) groups excluding carboxylic acids is 1. The third kappa shape index (κ3) is 5.30. The second kappa shape index (κ2) is 8.19. The van der Waals surface area contributed by atoms with E-state index in [4.69, 9.17) is 9.84 Å². The highest BCUT2D eigenvalue weighted by molar-refractivity contribution is 5.84. The predicted molar refractivity (Wildman–Crippen MR) is 75.8 cm³/mol. The zero-order valence-corrected chi connectivity index (χ0v) is 11.9. The lowest BCUT2D eigenvalue weighted by Gasteiger charge is -2.14. The van der Waals surface area contributed by atoms with Crippen LogP contribution in [0.4, 0.5) is 0 Å². The molecule has 0 radical (unpaired) electrons. The fourth-order valence-electron chi connectivity index (χ4n) is 1.75. The van der Waals surface area contributed by atoms with Crippen LogP contribution in [0.15, 0.2) is 24.3 Å². The maximum atomic E-state index is 11.6. The Morgan fingerprint density at radius 1 is 1.25 bits per heavy atom. The number of hydrogen-bond donors (Lipinski definition) is 2. The molecule has 0 unspecified atom stereocenters. The molecule has 0 saturated heterocycles. The molecule has 1 aromatic rings. The molecule has 0 heterocycles. The fourth-order valence-corrected chi connectivity index (χ4v) is 1.75. The van der Waals surface area contributed by atoms with Crippen LogP contribution in [-0.4, -0.2) is 29.6 Å². The Balaban J connectivity index is 2.43. The van der Waals surface area contributed by atoms with E-state index in [9.17, 15) is 9.59 Å². The molecule has 5 heteroatoms. The van der Waals surface area contributed by atoms with Crippen LogP contribution < -0.4 is 10.1 Å². The SMILES string of the molecule is CCC[C@H](NC(=O)COc1ccc(CC)cc1)C(=O)O. The first-order valence-corrected chi connectivity index (χ1v) is 6.80. The molecule has 0 aliphatic heterocycles. The van der Waals surface area contributed by atoms with Gasteiger partial charge in [-0.25, -0.2) is 4.79 Å². The standard InChI is InChI=1S/C15H21NO4/c1-3-5-13(15(18)19)16-14(17)10-20-12-8-6-11(4-2)7-9-12/h6-9,13H,3-5,10H2,1-2H3,(H,16,17)(H,18,19)/t13-/m0/s1. The van der Waals surface area contributed by atoms with Crippen molar-refractivity contribution in [2.24, 2.45) is 0 Å². The van der Waals surface area contributed by atoms with Gasteiger partial charge in [-0.1, -0.05) is 32.4 Å². The van der Waals surface area contributed by atoms with E-state index in [1.54, 1.807) is 12.1 Å². The lowest BCUT2D eigenvalue weighted by Crippen LogP contribution is -2.42. The number of nitrogens with one attached hydrogen (secondary N) is 1. The minimum Gasteiger partial charge on any atom is -0.484 e. The molecule has 0 bridgehead atoms. The van der Waals surface area contributed by atoms with Crippen molar-refractivity contribution in [3.8, 4) is 5.75 Å². The minimum atomic E-state index is -1.02. The van der Waals surface area contributed by atoms with Gasteiger partial charge in [0.1, 0.15) is 11.8 Å². The number of aliphatic carboxylic acids is 1. The molecule has 1 atom stereocenters. The van der Waals surface area contributed by atoms with Gasteiger partial charge < -0.3 is 15.2 Å². The maximum absolute atomic E-state index is 11.6. The molecule has 1 aromatic carbocycles. The van der Waals surface area contributed by atoms with Crippen molar-refractivity contribution in [2.75, 3.05) is 6.61 Å². The molecule has 0 aromatic heterocycles. The molecule has 5 nitrogen and oxygen atoms in total. The Bertz CT molecular complexity index is 442. The molecular weight excluding hydrogens is 258 g/mol. The second-order valence-corrected chi connectivity index (χ2v) is 4.53. The number of benzene rings is 1. The van der Waals surface area contributed by atoms with E-state index in [-0.39, 0.29) is 6.61 Å². The number of amides is 1. The van der Waals surface area contributed by atoms with E-state index in [0.717, 1.165) is 6.42 Å². The summed E-state index contributed by atoms with van der Waals surface area (Å²) in [6.45, 7) is 3.75. The molecule has 1 rings (SSSR count). The fraction of sp³-hybridized carbons (Fsp3) is 0.467. The molecule has 0 aliphatic carbocycles. The summed E-state index contributed by atoms with van der Waals surface area (Å²) in [5.41, 5.74) is 1.19. The van der Waals surface area contributed by atoms with Crippen LogP contribution in [0.25, 0.3) is 0 Å². The van der Waals surface area contributed by atoms with E-state index in [1.807, 2.05) is 19.1 Å². The third-order valence-corrected chi connectivity index (χ3v) is 2.91. The molecule has 20 heavy (non-hydrogen) atoms. The lowest BCUT2D eigenvalue weighted by molar-refractivity contribution is -0.142. The summed E-state index contributed by atoms with van der Waals surface area (Å²) in [5, 5.41) is 11.4. The Hall–Kier alpha value is -2.04. The van der Waals surface area contributed by atoms with Crippen LogP contribution in [0.1, 0.15) is 32.3 Å². The van der Waals surface area contributed by atoms with Crippen LogP contribution >= 0.6 is 0 Å². The average molecular weight is 279 g/mol. The summed E-state index contributed by atoms with van der Waals surface area (Å²) >= 11 is 0. The molecule has 2 N–H and O–H groups in total. The highest BCUT2D eigenvalue weighted by Crippen LogP contribution is 2.12. The largest absolute Gasteiger partial charge is 0.484 e. The van der Waals surface area contributed by atoms with E-state index >= 15 is 0 Å². The van der Waals surface area contributed by atoms with Gasteiger partial charge in [0.25, 0.3) is 5.91 Å². The first-order chi connectivity index (χ1) is 9.56. The number of ether oxygens (including phenoxy) is 1. The number of hydrogen-bond acceptors (Lipinski definition) is 3. The molecule has 0 spiro atoms. The van der Waals surface area contributed by atoms with Gasteiger partial charge in [-0.2, -0.15) is 0 Å². The van der Waals surface area contributed by atoms with Crippen molar-refractivity contribution in [1.82, 2.24) is 5.32 Å². The highest BCUT2D eigenvalue weighted by atomic mass is 16.5. The van der Waals surface area contributed by atoms with Crippen LogP contribution in [0.5, 0.6) is 5.75 Å². The summed E-state index contributed by atoms with van der Waals surface area (Å²) in [6.07, 6.45) is 2.04. The number of carboxylic acid groups (broad SMARTS) is 1. The normalized spacial score (nSPS) is 11.7. The van der Waals surface area contributed by atoms with E-state index < -0.39 is 17.9 Å². The van der Waals surface area contributed by atoms with E-state index in [0.29, 0.717) is 18.6 Å². The Kier molecular flexibility index (Phi) is 6.56. The molecule has 0 fully saturated rings. The number of aryl methyl sites for hydroxylation is 1. The number of carboxylic acids is 1. The van der Waals surface area contributed by atoms with Crippen molar-refractivity contribution in [3.05, 3.63) is 29.8 Å². The summed E-state index contributed by atoms with van der Waals surface area (Å²) in [7, 11) is 0. The Morgan fingerprint density at radius 3 is 2.40 bits per heavy atom. The van der Waals surface area contributed by atoms with Crippen molar-refractivity contribution in [3.63, 3.8) is 0 Å². The summed E-state index contributed by atoms with van der Waals surface area (Å²) in [5.74, 6) is -0.849. The molecular formula is C15H21NO4. The molecule has 0 aliphatic rings. The van der Waals surface area contributed by atoms with Crippen molar-refractivity contribution in [2.45, 2.75) is 39.2 Å². The Morgan fingerprint density at radius 2 is 1.90 bits per heavy atom.